The first-order valence-corrected chi connectivity index (χ1v) is 7.36. The van der Waals surface area contributed by atoms with E-state index in [9.17, 15) is 13.2 Å². The lowest BCUT2D eigenvalue weighted by atomic mass is 10.3. The van der Waals surface area contributed by atoms with Crippen molar-refractivity contribution < 1.29 is 13.2 Å². The van der Waals surface area contributed by atoms with Crippen molar-refractivity contribution in [1.82, 2.24) is 15.4 Å². The Morgan fingerprint density at radius 2 is 2.33 bits per heavy atom. The lowest BCUT2D eigenvalue weighted by Crippen LogP contribution is -2.44. The molecule has 88 valence electrons. The molecule has 0 aliphatic carbocycles. The Kier molecular flexibility index (Phi) is 4.84. The van der Waals surface area contributed by atoms with Crippen LogP contribution in [0.15, 0.2) is 0 Å². The molecule has 15 heavy (non-hydrogen) atoms. The van der Waals surface area contributed by atoms with Crippen LogP contribution in [0, 0.1) is 0 Å². The van der Waals surface area contributed by atoms with Gasteiger partial charge in [0.15, 0.2) is 0 Å². The maximum absolute atomic E-state index is 11.4. The molecular weight excluding hydrogens is 238 g/mol. The largest absolute Gasteiger partial charge is 0.354 e. The molecule has 1 aliphatic heterocycles. The molecule has 0 aromatic carbocycles. The van der Waals surface area contributed by atoms with Gasteiger partial charge < -0.3 is 5.32 Å². The average Bonchev–Trinajstić information content (AvgIpc) is 2.70. The molecule has 1 amide bonds. The molecule has 1 aliphatic rings. The van der Waals surface area contributed by atoms with Crippen molar-refractivity contribution in [2.24, 2.45) is 0 Å². The predicted molar refractivity (Wildman–Crippen MR) is 60.1 cm³/mol. The highest BCUT2D eigenvalue weighted by atomic mass is 32.2. The minimum Gasteiger partial charge on any atom is -0.354 e. The van der Waals surface area contributed by atoms with E-state index in [2.05, 4.69) is 15.4 Å². The van der Waals surface area contributed by atoms with Gasteiger partial charge in [0.2, 0.25) is 15.9 Å². The summed E-state index contributed by atoms with van der Waals surface area (Å²) in [4.78, 5) is 11.4. The fraction of sp³-hybridized carbons (Fsp3) is 0.857. The summed E-state index contributed by atoms with van der Waals surface area (Å²) < 4.78 is 24.2. The molecule has 0 saturated carbocycles. The summed E-state index contributed by atoms with van der Waals surface area (Å²) in [6.45, 7) is 0.144. The number of carbonyl (C=O) groups excluding carboxylic acids is 1. The Balaban J connectivity index is 2.22. The summed E-state index contributed by atoms with van der Waals surface area (Å²) >= 11 is 1.65. The number of sulfonamides is 1. The molecule has 6 nitrogen and oxygen atoms in total. The number of hydrogen-bond acceptors (Lipinski definition) is 5. The molecule has 1 saturated heterocycles. The topological polar surface area (TPSA) is 87.3 Å². The molecule has 1 unspecified atom stereocenters. The molecule has 1 atom stereocenters. The lowest BCUT2D eigenvalue weighted by Gasteiger charge is -2.10. The second-order valence-corrected chi connectivity index (χ2v) is 6.16. The van der Waals surface area contributed by atoms with Gasteiger partial charge in [0.25, 0.3) is 0 Å². The maximum Gasteiger partial charge on any atom is 0.238 e. The number of amides is 1. The van der Waals surface area contributed by atoms with E-state index < -0.39 is 10.0 Å². The second-order valence-electron chi connectivity index (χ2n) is 3.09. The van der Waals surface area contributed by atoms with Crippen molar-refractivity contribution >= 4 is 27.7 Å². The first-order chi connectivity index (χ1) is 7.05. The van der Waals surface area contributed by atoms with Crippen molar-refractivity contribution in [3.8, 4) is 0 Å². The maximum atomic E-state index is 11.4. The first kappa shape index (κ1) is 12.8. The summed E-state index contributed by atoms with van der Waals surface area (Å²) in [5.74, 6) is 1.29. The Bertz CT molecular complexity index is 311. The minimum atomic E-state index is -3.23. The summed E-state index contributed by atoms with van der Waals surface area (Å²) in [5, 5.41) is 5.58. The fourth-order valence-corrected chi connectivity index (χ4v) is 2.61. The summed E-state index contributed by atoms with van der Waals surface area (Å²) in [6, 6.07) is -0.188. The molecule has 1 fully saturated rings. The number of rotatable bonds is 5. The van der Waals surface area contributed by atoms with Crippen LogP contribution in [0.4, 0.5) is 0 Å². The van der Waals surface area contributed by atoms with Crippen LogP contribution < -0.4 is 15.4 Å². The van der Waals surface area contributed by atoms with E-state index in [1.54, 1.807) is 11.8 Å². The van der Waals surface area contributed by atoms with E-state index in [-0.39, 0.29) is 24.2 Å². The molecule has 0 radical (unpaired) electrons. The highest BCUT2D eigenvalue weighted by molar-refractivity contribution is 7.99. The van der Waals surface area contributed by atoms with Gasteiger partial charge in [-0.25, -0.2) is 13.1 Å². The van der Waals surface area contributed by atoms with E-state index in [4.69, 9.17) is 0 Å². The van der Waals surface area contributed by atoms with Gasteiger partial charge in [0, 0.05) is 18.2 Å². The number of hydrogen-bond donors (Lipinski definition) is 3. The van der Waals surface area contributed by atoms with E-state index in [0.29, 0.717) is 0 Å². The van der Waals surface area contributed by atoms with Gasteiger partial charge in [-0.2, -0.15) is 0 Å². The highest BCUT2D eigenvalue weighted by Gasteiger charge is 2.22. The standard InChI is InChI=1S/C7H15N3O3S2/c1-8-15(12,13)3-2-9-7(11)6-4-14-5-10-6/h6,8,10H,2-5H2,1H3,(H,9,11). The van der Waals surface area contributed by atoms with Crippen LogP contribution in [0.2, 0.25) is 0 Å². The van der Waals surface area contributed by atoms with Crippen LogP contribution in [0.5, 0.6) is 0 Å². The van der Waals surface area contributed by atoms with E-state index in [0.717, 1.165) is 11.6 Å². The SMILES string of the molecule is CNS(=O)(=O)CCNC(=O)C1CSCN1. The molecule has 0 aromatic heterocycles. The molecular formula is C7H15N3O3S2. The second kappa shape index (κ2) is 5.69. The fourth-order valence-electron chi connectivity index (χ4n) is 1.10. The van der Waals surface area contributed by atoms with Gasteiger partial charge in [0.1, 0.15) is 0 Å². The monoisotopic (exact) mass is 253 g/mol. The summed E-state index contributed by atoms with van der Waals surface area (Å²) in [5.41, 5.74) is 0. The Labute approximate surface area is 93.6 Å². The molecule has 1 rings (SSSR count). The molecule has 0 aromatic rings. The van der Waals surface area contributed by atoms with Crippen LogP contribution >= 0.6 is 11.8 Å². The van der Waals surface area contributed by atoms with Crippen LogP contribution in [0.25, 0.3) is 0 Å². The molecule has 3 N–H and O–H groups in total. The van der Waals surface area contributed by atoms with Gasteiger partial charge in [-0.3, -0.25) is 10.1 Å². The number of thioether (sulfide) groups is 1. The number of carbonyl (C=O) groups is 1. The van der Waals surface area contributed by atoms with Crippen molar-refractivity contribution in [2.75, 3.05) is 31.0 Å². The molecule has 8 heteroatoms. The van der Waals surface area contributed by atoms with E-state index >= 15 is 0 Å². The predicted octanol–water partition coefficient (Wildman–Crippen LogP) is -1.69. The first-order valence-electron chi connectivity index (χ1n) is 4.55. The molecule has 0 bridgehead atoms. The third kappa shape index (κ3) is 4.37. The lowest BCUT2D eigenvalue weighted by molar-refractivity contribution is -0.122. The third-order valence-corrected chi connectivity index (χ3v) is 4.32. The average molecular weight is 253 g/mol. The van der Waals surface area contributed by atoms with E-state index in [1.807, 2.05) is 0 Å². The smallest absolute Gasteiger partial charge is 0.238 e. The van der Waals surface area contributed by atoms with Crippen molar-refractivity contribution in [3.05, 3.63) is 0 Å². The summed E-state index contributed by atoms with van der Waals surface area (Å²) in [7, 11) is -1.88. The van der Waals surface area contributed by atoms with Gasteiger partial charge in [-0.05, 0) is 7.05 Å². The van der Waals surface area contributed by atoms with Gasteiger partial charge in [-0.1, -0.05) is 0 Å². The third-order valence-electron chi connectivity index (χ3n) is 2.01. The zero-order chi connectivity index (χ0) is 11.3. The zero-order valence-corrected chi connectivity index (χ0v) is 10.1. The van der Waals surface area contributed by atoms with Gasteiger partial charge in [-0.15, -0.1) is 11.8 Å². The Morgan fingerprint density at radius 1 is 1.60 bits per heavy atom. The highest BCUT2D eigenvalue weighted by Crippen LogP contribution is 2.08. The quantitative estimate of drug-likeness (QED) is 0.544. The molecule has 1 heterocycles. The normalized spacial score (nSPS) is 21.5. The van der Waals surface area contributed by atoms with Gasteiger partial charge >= 0.3 is 0 Å². The Morgan fingerprint density at radius 3 is 2.87 bits per heavy atom. The zero-order valence-electron chi connectivity index (χ0n) is 8.45. The Hall–Kier alpha value is -0.310. The van der Waals surface area contributed by atoms with Crippen molar-refractivity contribution in [3.63, 3.8) is 0 Å². The summed E-state index contributed by atoms with van der Waals surface area (Å²) in [6.07, 6.45) is 0. The van der Waals surface area contributed by atoms with Crippen molar-refractivity contribution in [1.29, 1.82) is 0 Å². The number of nitrogens with one attached hydrogen (secondary N) is 3. The van der Waals surface area contributed by atoms with Crippen LogP contribution in [0.3, 0.4) is 0 Å². The minimum absolute atomic E-state index is 0.0882. The van der Waals surface area contributed by atoms with Gasteiger partial charge in [0.05, 0.1) is 11.8 Å². The van der Waals surface area contributed by atoms with Crippen molar-refractivity contribution in [2.45, 2.75) is 6.04 Å². The van der Waals surface area contributed by atoms with Crippen LogP contribution in [-0.4, -0.2) is 51.3 Å². The van der Waals surface area contributed by atoms with Crippen LogP contribution in [0.1, 0.15) is 0 Å². The van der Waals surface area contributed by atoms with E-state index in [1.165, 1.54) is 7.05 Å². The van der Waals surface area contributed by atoms with Crippen LogP contribution in [-0.2, 0) is 14.8 Å². The molecule has 0 spiro atoms.